The molecule has 9 heavy (non-hydrogen) atoms. The van der Waals surface area contributed by atoms with Gasteiger partial charge in [-0.25, -0.2) is 4.57 Å². The molecule has 0 unspecified atom stereocenters. The van der Waals surface area contributed by atoms with Crippen LogP contribution in [0, 0.1) is 0 Å². The van der Waals surface area contributed by atoms with Gasteiger partial charge in [-0.1, -0.05) is 0 Å². The molecule has 9 heteroatoms. The van der Waals surface area contributed by atoms with Gasteiger partial charge in [0, 0.05) is 0 Å². The Labute approximate surface area is 98.3 Å². The van der Waals surface area contributed by atoms with E-state index in [0.717, 1.165) is 0 Å². The smallest absolute Gasteiger partial charge is 1.00 e. The van der Waals surface area contributed by atoms with Crippen LogP contribution in [0.4, 0.5) is 0 Å². The van der Waals surface area contributed by atoms with E-state index < -0.39 is 7.82 Å². The van der Waals surface area contributed by atoms with Gasteiger partial charge in [-0.3, -0.25) is 0 Å². The zero-order valence-electron chi connectivity index (χ0n) is 7.58. The number of phosphoric acid groups is 1. The van der Waals surface area contributed by atoms with Crippen molar-refractivity contribution in [3.8, 4) is 0 Å². The van der Waals surface area contributed by atoms with Crippen LogP contribution in [0.3, 0.4) is 0 Å². The quantitative estimate of drug-likeness (QED) is 0.240. The summed E-state index contributed by atoms with van der Waals surface area (Å²) in [5.74, 6) is 0. The van der Waals surface area contributed by atoms with Gasteiger partial charge in [-0.2, -0.15) is 0 Å². The largest absolute Gasteiger partial charge is 1.00 e. The molecule has 0 rings (SSSR count). The summed E-state index contributed by atoms with van der Waals surface area (Å²) < 4.78 is 8.88. The van der Waals surface area contributed by atoms with E-state index in [9.17, 15) is 0 Å². The van der Waals surface area contributed by atoms with Crippen molar-refractivity contribution >= 4 is 7.82 Å². The second-order valence-corrected chi connectivity index (χ2v) is 1.54. The van der Waals surface area contributed by atoms with Crippen molar-refractivity contribution in [1.29, 1.82) is 0 Å². The van der Waals surface area contributed by atoms with Gasteiger partial charge in [0.1, 0.15) is 0 Å². The Morgan fingerprint density at radius 2 is 1.00 bits per heavy atom. The second-order valence-electron chi connectivity index (χ2n) is 0.513. The number of rotatable bonds is 0. The van der Waals surface area contributed by atoms with Crippen LogP contribution in [0.5, 0.6) is 0 Å². The third kappa shape index (κ3) is 142. The van der Waals surface area contributed by atoms with E-state index in [1.807, 2.05) is 0 Å². The molecule has 44 valence electrons. The Balaban J connectivity index is -0.00000000533. The van der Waals surface area contributed by atoms with Gasteiger partial charge in [-0.05, 0) is 0 Å². The predicted octanol–water partition coefficient (Wildman–Crippen LogP) is -12.7. The van der Waals surface area contributed by atoms with E-state index in [2.05, 4.69) is 0 Å². The first kappa shape index (κ1) is 30.3. The third-order valence-corrected chi connectivity index (χ3v) is 0. The van der Waals surface area contributed by atoms with Crippen molar-refractivity contribution in [3.05, 3.63) is 0 Å². The molecule has 0 bridgehead atoms. The van der Waals surface area contributed by atoms with Crippen LogP contribution in [0.1, 0.15) is 2.85 Å². The van der Waals surface area contributed by atoms with Crippen molar-refractivity contribution < 1.29 is 91.1 Å². The molecular formula is H5ClLi3O4P. The van der Waals surface area contributed by atoms with Gasteiger partial charge < -0.3 is 29.9 Å². The number of hydrogen-bond donors (Lipinski definition) is 3. The monoisotopic (exact) mass is 156 g/mol. The van der Waals surface area contributed by atoms with Crippen molar-refractivity contribution in [2.75, 3.05) is 0 Å². The van der Waals surface area contributed by atoms with Crippen LogP contribution in [-0.2, 0) is 4.57 Å². The summed E-state index contributed by atoms with van der Waals surface area (Å²) in [6.07, 6.45) is 0. The van der Waals surface area contributed by atoms with Gasteiger partial charge in [0.15, 0.2) is 0 Å². The summed E-state index contributed by atoms with van der Waals surface area (Å²) in [6.45, 7) is 0. The van der Waals surface area contributed by atoms with Crippen molar-refractivity contribution in [2.45, 2.75) is 0 Å². The van der Waals surface area contributed by atoms with Crippen LogP contribution < -0.4 is 69.0 Å². The molecule has 0 spiro atoms. The van der Waals surface area contributed by atoms with Crippen LogP contribution >= 0.6 is 7.82 Å². The zero-order chi connectivity index (χ0) is 4.50. The summed E-state index contributed by atoms with van der Waals surface area (Å²) in [6, 6.07) is 0. The Kier molecular flexibility index (Phi) is 43.2. The Hall–Kier alpha value is 2.19. The number of halogens is 1. The van der Waals surface area contributed by atoms with Gasteiger partial charge in [0.05, 0.1) is 0 Å². The van der Waals surface area contributed by atoms with E-state index in [0.29, 0.717) is 0 Å². The van der Waals surface area contributed by atoms with Crippen LogP contribution in [0.2, 0.25) is 0 Å². The molecule has 0 saturated heterocycles. The summed E-state index contributed by atoms with van der Waals surface area (Å²) in [5.41, 5.74) is 0. The molecule has 3 N–H and O–H groups in total. The SMILES string of the molecule is O=P(O)(O)O.[Cl-].[H-].[H-].[Li+].[Li+].[Li+]. The molecule has 0 aliphatic heterocycles. The fourth-order valence-corrected chi connectivity index (χ4v) is 0. The molecular weight excluding hydrogens is 151 g/mol. The standard InChI is InChI=1S/ClH.3Li.H3O4P.2H/c;;;;1-5(2,3)4;;/h1H;;;;(H3,1,2,3,4);;/q;3*+1;;2*-1/p-1. The summed E-state index contributed by atoms with van der Waals surface area (Å²) in [5, 5.41) is 0. The third-order valence-electron chi connectivity index (χ3n) is 0. The maximum absolute atomic E-state index is 8.88. The first-order chi connectivity index (χ1) is 2.00. The molecule has 0 fully saturated rings. The summed E-state index contributed by atoms with van der Waals surface area (Å²) in [4.78, 5) is 21.6. The van der Waals surface area contributed by atoms with Crippen LogP contribution in [-0.4, -0.2) is 14.7 Å². The minimum Gasteiger partial charge on any atom is -1.00 e. The zero-order valence-corrected chi connectivity index (χ0v) is 7.23. The molecule has 0 aromatic carbocycles. The Morgan fingerprint density at radius 1 is 1.00 bits per heavy atom. The molecule has 0 aromatic heterocycles. The topological polar surface area (TPSA) is 77.8 Å². The molecule has 4 nitrogen and oxygen atoms in total. The average molecular weight is 156 g/mol. The van der Waals surface area contributed by atoms with E-state index in [1.165, 1.54) is 0 Å². The van der Waals surface area contributed by atoms with Gasteiger partial charge in [0.2, 0.25) is 0 Å². The predicted molar refractivity (Wildman–Crippen MR) is 16.5 cm³/mol. The van der Waals surface area contributed by atoms with E-state index in [4.69, 9.17) is 19.2 Å². The minimum absolute atomic E-state index is 0. The average Bonchev–Trinajstić information content (AvgIpc) is 0.722. The van der Waals surface area contributed by atoms with E-state index >= 15 is 0 Å². The molecule has 0 saturated carbocycles. The summed E-state index contributed by atoms with van der Waals surface area (Å²) in [7, 11) is -4.64. The Morgan fingerprint density at radius 3 is 1.00 bits per heavy atom. The van der Waals surface area contributed by atoms with Crippen molar-refractivity contribution in [1.82, 2.24) is 0 Å². The van der Waals surface area contributed by atoms with Crippen molar-refractivity contribution in [3.63, 3.8) is 0 Å². The van der Waals surface area contributed by atoms with E-state index in [-0.39, 0.29) is 71.8 Å². The van der Waals surface area contributed by atoms with Gasteiger partial charge in [0.25, 0.3) is 0 Å². The fraction of sp³-hybridized carbons (Fsp3) is 0. The molecule has 0 aliphatic carbocycles. The molecule has 0 amide bonds. The fourth-order valence-electron chi connectivity index (χ4n) is 0. The van der Waals surface area contributed by atoms with Crippen LogP contribution in [0.15, 0.2) is 0 Å². The molecule has 0 heterocycles. The normalized spacial score (nSPS) is 6.56. The second kappa shape index (κ2) is 12.8. The molecule has 0 atom stereocenters. The maximum Gasteiger partial charge on any atom is 1.00 e. The minimum atomic E-state index is -4.64. The van der Waals surface area contributed by atoms with E-state index in [1.54, 1.807) is 0 Å². The first-order valence-electron chi connectivity index (χ1n) is 0.783. The summed E-state index contributed by atoms with van der Waals surface area (Å²) >= 11 is 0. The molecule has 0 aliphatic rings. The maximum atomic E-state index is 8.88. The Bertz CT molecular complexity index is 69.5. The van der Waals surface area contributed by atoms with Crippen LogP contribution in [0.25, 0.3) is 0 Å². The molecule has 0 radical (unpaired) electrons. The van der Waals surface area contributed by atoms with Crippen molar-refractivity contribution in [2.24, 2.45) is 0 Å². The molecule has 0 aromatic rings. The van der Waals surface area contributed by atoms with Gasteiger partial charge in [-0.15, -0.1) is 0 Å². The van der Waals surface area contributed by atoms with Gasteiger partial charge >= 0.3 is 64.4 Å². The number of hydrogen-bond acceptors (Lipinski definition) is 1. The first-order valence-corrected chi connectivity index (χ1v) is 2.35.